The summed E-state index contributed by atoms with van der Waals surface area (Å²) >= 11 is 0. The van der Waals surface area contributed by atoms with E-state index in [2.05, 4.69) is 71.1 Å². The third-order valence-corrected chi connectivity index (χ3v) is 8.89. The quantitative estimate of drug-likeness (QED) is 0.482. The largest absolute Gasteiger partial charge is 0.465 e. The average molecular weight is 556 g/mol. The molecular weight excluding hydrogens is 518 g/mol. The van der Waals surface area contributed by atoms with Gasteiger partial charge in [0.2, 0.25) is 0 Å². The van der Waals surface area contributed by atoms with Gasteiger partial charge in [0.1, 0.15) is 12.4 Å². The summed E-state index contributed by atoms with van der Waals surface area (Å²) in [5.74, 6) is 0.812. The maximum Gasteiger partial charge on any atom is 0.407 e. The Morgan fingerprint density at radius 3 is 2.68 bits per heavy atom. The van der Waals surface area contributed by atoms with Crippen LogP contribution in [0.3, 0.4) is 0 Å². The fraction of sp³-hybridized carbons (Fsp3) is 0.484. The summed E-state index contributed by atoms with van der Waals surface area (Å²) in [4.78, 5) is 29.9. The monoisotopic (exact) mass is 555 g/mol. The van der Waals surface area contributed by atoms with E-state index < -0.39 is 12.1 Å². The minimum Gasteiger partial charge on any atom is -0.465 e. The van der Waals surface area contributed by atoms with Gasteiger partial charge in [0, 0.05) is 48.9 Å². The molecule has 0 bridgehead atoms. The molecule has 10 nitrogen and oxygen atoms in total. The van der Waals surface area contributed by atoms with E-state index in [9.17, 15) is 15.2 Å². The van der Waals surface area contributed by atoms with Gasteiger partial charge in [-0.25, -0.2) is 4.79 Å². The fourth-order valence-electron chi connectivity index (χ4n) is 6.63. The van der Waals surface area contributed by atoms with Gasteiger partial charge < -0.3 is 29.4 Å². The molecule has 6 rings (SSSR count). The number of fused-ring (bicyclic) bond motifs is 2. The summed E-state index contributed by atoms with van der Waals surface area (Å²) in [7, 11) is 2.13. The van der Waals surface area contributed by atoms with Gasteiger partial charge in [-0.05, 0) is 56.8 Å². The molecule has 2 saturated heterocycles. The lowest BCUT2D eigenvalue weighted by molar-refractivity contribution is 0.119. The second kappa shape index (κ2) is 11.4. The predicted molar refractivity (Wildman–Crippen MR) is 158 cm³/mol. The molecule has 4 heterocycles. The van der Waals surface area contributed by atoms with Crippen molar-refractivity contribution in [3.05, 3.63) is 53.2 Å². The smallest absolute Gasteiger partial charge is 0.407 e. The molecular formula is C31H37N7O3. The molecule has 0 saturated carbocycles. The number of aromatic nitrogens is 2. The van der Waals surface area contributed by atoms with Crippen LogP contribution in [0.2, 0.25) is 0 Å². The number of carbonyl (C=O) groups is 1. The van der Waals surface area contributed by atoms with Crippen molar-refractivity contribution in [3.63, 3.8) is 0 Å². The molecule has 0 spiro atoms. The number of hydrogen-bond donors (Lipinski definition) is 1. The summed E-state index contributed by atoms with van der Waals surface area (Å²) in [6.07, 6.45) is 2.17. The zero-order valence-electron chi connectivity index (χ0n) is 23.8. The van der Waals surface area contributed by atoms with Crippen LogP contribution in [0, 0.1) is 18.3 Å². The number of rotatable bonds is 6. The summed E-state index contributed by atoms with van der Waals surface area (Å²) in [6.45, 7) is 6.46. The molecule has 3 aromatic rings. The molecule has 0 aliphatic carbocycles. The topological polar surface area (TPSA) is 109 Å². The van der Waals surface area contributed by atoms with Crippen LogP contribution in [0.4, 0.5) is 16.3 Å². The molecule has 0 unspecified atom stereocenters. The third kappa shape index (κ3) is 5.34. The zero-order valence-corrected chi connectivity index (χ0v) is 23.8. The Labute approximate surface area is 240 Å². The number of nitriles is 1. The number of nitrogens with zero attached hydrogens (tertiary/aromatic N) is 7. The van der Waals surface area contributed by atoms with Gasteiger partial charge in [0.25, 0.3) is 0 Å². The van der Waals surface area contributed by atoms with Crippen molar-refractivity contribution in [1.82, 2.24) is 19.8 Å². The van der Waals surface area contributed by atoms with E-state index in [1.807, 2.05) is 0 Å². The number of hydrogen-bond acceptors (Lipinski definition) is 8. The Hall–Kier alpha value is -4.10. The standard InChI is InChI=1S/C31H37N7O3/c1-21-6-3-7-22-8-4-10-27(28(21)22)36-15-12-25-26(19-36)33-30(41-20-24-9-5-14-35(24)2)34-29(25)37-16-17-38(31(39)40)23(18-37)11-13-32/h3-4,6-8,10,23-24H,5,9,11-12,14-20H2,1-2H3,(H,39,40)/t23-,24+/m0/s1. The lowest BCUT2D eigenvalue weighted by Gasteiger charge is -2.41. The van der Waals surface area contributed by atoms with E-state index in [0.29, 0.717) is 44.8 Å². The van der Waals surface area contributed by atoms with Crippen molar-refractivity contribution in [3.8, 4) is 12.1 Å². The molecule has 1 amide bonds. The van der Waals surface area contributed by atoms with Crippen LogP contribution in [-0.4, -0.2) is 89.4 Å². The van der Waals surface area contributed by atoms with Crippen LogP contribution in [0.15, 0.2) is 36.4 Å². The van der Waals surface area contributed by atoms with Gasteiger partial charge in [0.15, 0.2) is 0 Å². The van der Waals surface area contributed by atoms with Crippen molar-refractivity contribution < 1.29 is 14.6 Å². The summed E-state index contributed by atoms with van der Waals surface area (Å²) in [5, 5.41) is 21.6. The highest BCUT2D eigenvalue weighted by molar-refractivity contribution is 5.97. The molecule has 3 aliphatic heterocycles. The number of piperazine rings is 1. The summed E-state index contributed by atoms with van der Waals surface area (Å²) in [6, 6.07) is 15.3. The van der Waals surface area contributed by atoms with Crippen LogP contribution in [0.25, 0.3) is 10.8 Å². The third-order valence-electron chi connectivity index (χ3n) is 8.89. The molecule has 3 aliphatic rings. The van der Waals surface area contributed by atoms with Crippen molar-refractivity contribution in [2.45, 2.75) is 51.2 Å². The highest BCUT2D eigenvalue weighted by Gasteiger charge is 2.34. The fourth-order valence-corrected chi connectivity index (χ4v) is 6.63. The first kappa shape index (κ1) is 27.1. The average Bonchev–Trinajstić information content (AvgIpc) is 3.39. The molecule has 0 radical (unpaired) electrons. The van der Waals surface area contributed by atoms with Crippen LogP contribution < -0.4 is 14.5 Å². The van der Waals surface area contributed by atoms with E-state index >= 15 is 0 Å². The second-order valence-corrected chi connectivity index (χ2v) is 11.4. The van der Waals surface area contributed by atoms with Crippen LogP contribution in [0.1, 0.15) is 36.1 Å². The van der Waals surface area contributed by atoms with Crippen LogP contribution in [-0.2, 0) is 13.0 Å². The lowest BCUT2D eigenvalue weighted by Crippen LogP contribution is -2.55. The van der Waals surface area contributed by atoms with E-state index in [4.69, 9.17) is 14.7 Å². The van der Waals surface area contributed by atoms with Gasteiger partial charge in [-0.2, -0.15) is 15.2 Å². The molecule has 1 aromatic heterocycles. The first-order valence-electron chi connectivity index (χ1n) is 14.5. The van der Waals surface area contributed by atoms with Crippen LogP contribution in [0.5, 0.6) is 6.01 Å². The second-order valence-electron chi connectivity index (χ2n) is 11.4. The summed E-state index contributed by atoms with van der Waals surface area (Å²) in [5.41, 5.74) is 4.48. The van der Waals surface area contributed by atoms with Crippen LogP contribution >= 0.6 is 0 Å². The molecule has 2 atom stereocenters. The normalized spacial score (nSPS) is 21.1. The Kier molecular flexibility index (Phi) is 7.54. The molecule has 214 valence electrons. The lowest BCUT2D eigenvalue weighted by atomic mass is 9.99. The van der Waals surface area contributed by atoms with Gasteiger partial charge in [-0.3, -0.25) is 0 Å². The number of aryl methyl sites for hydroxylation is 1. The number of likely N-dealkylation sites (N-methyl/N-ethyl adjacent to an activating group) is 1. The minimum absolute atomic E-state index is 0.141. The Morgan fingerprint density at radius 2 is 1.93 bits per heavy atom. The minimum atomic E-state index is -0.986. The van der Waals surface area contributed by atoms with Crippen molar-refractivity contribution in [2.24, 2.45) is 0 Å². The Balaban J connectivity index is 1.34. The highest BCUT2D eigenvalue weighted by Crippen LogP contribution is 2.36. The molecule has 2 aromatic carbocycles. The predicted octanol–water partition coefficient (Wildman–Crippen LogP) is 4.06. The number of anilines is 2. The van der Waals surface area contributed by atoms with Gasteiger partial charge in [0.05, 0.1) is 30.8 Å². The maximum absolute atomic E-state index is 11.8. The van der Waals surface area contributed by atoms with Gasteiger partial charge in [-0.15, -0.1) is 0 Å². The highest BCUT2D eigenvalue weighted by atomic mass is 16.5. The van der Waals surface area contributed by atoms with E-state index in [1.54, 1.807) is 0 Å². The van der Waals surface area contributed by atoms with Crippen molar-refractivity contribution >= 4 is 28.4 Å². The number of amides is 1. The molecule has 41 heavy (non-hydrogen) atoms. The molecule has 1 N–H and O–H groups in total. The molecule has 2 fully saturated rings. The van der Waals surface area contributed by atoms with E-state index in [-0.39, 0.29) is 6.42 Å². The van der Waals surface area contributed by atoms with Crippen molar-refractivity contribution in [2.75, 3.05) is 56.2 Å². The number of carboxylic acid groups (broad SMARTS) is 1. The van der Waals surface area contributed by atoms with Gasteiger partial charge in [-0.1, -0.05) is 30.3 Å². The first-order valence-corrected chi connectivity index (χ1v) is 14.5. The maximum atomic E-state index is 11.8. The zero-order chi connectivity index (χ0) is 28.5. The number of ether oxygens (including phenoxy) is 1. The van der Waals surface area contributed by atoms with E-state index in [1.165, 1.54) is 26.9 Å². The SMILES string of the molecule is Cc1cccc2cccc(N3CCc4c(nc(OC[C@H]5CCCN5C)nc4N4CCN(C(=O)O)[C@@H](CC#N)C4)C3)c12. The molecule has 10 heteroatoms. The Morgan fingerprint density at radius 1 is 1.10 bits per heavy atom. The van der Waals surface area contributed by atoms with Gasteiger partial charge >= 0.3 is 12.1 Å². The van der Waals surface area contributed by atoms with Crippen molar-refractivity contribution in [1.29, 1.82) is 5.26 Å². The Bertz CT molecular complexity index is 1480. The van der Waals surface area contributed by atoms with E-state index in [0.717, 1.165) is 49.4 Å². The summed E-state index contributed by atoms with van der Waals surface area (Å²) < 4.78 is 6.26. The number of likely N-dealkylation sites (tertiary alicyclic amines) is 1. The first-order chi connectivity index (χ1) is 19.9. The number of benzene rings is 2.